The van der Waals surface area contributed by atoms with E-state index in [0.29, 0.717) is 6.54 Å². The third-order valence-corrected chi connectivity index (χ3v) is 4.41. The molecule has 1 saturated heterocycles. The third-order valence-electron chi connectivity index (χ3n) is 4.01. The molecule has 1 aliphatic heterocycles. The van der Waals surface area contributed by atoms with Gasteiger partial charge in [0.05, 0.1) is 6.54 Å². The first-order chi connectivity index (χ1) is 11.5. The molecule has 2 N–H and O–H groups in total. The van der Waals surface area contributed by atoms with Crippen LogP contribution in [0.3, 0.4) is 0 Å². The summed E-state index contributed by atoms with van der Waals surface area (Å²) < 4.78 is 0. The second-order valence-corrected chi connectivity index (χ2v) is 6.84. The summed E-state index contributed by atoms with van der Waals surface area (Å²) in [5, 5.41) is 7.09. The van der Waals surface area contributed by atoms with E-state index >= 15 is 0 Å². The molecule has 1 amide bonds. The molecule has 0 saturated carbocycles. The standard InChI is InChI=1S/C18H28N4OS/c1-15(2)20-17(23)14-21-10-12-22(13-11-21)18(24)19-9-8-16-6-4-3-5-7-16/h3-7,15H,8-14H2,1-2H3,(H,19,24)(H,20,23). The maximum atomic E-state index is 11.8. The molecule has 2 rings (SSSR count). The van der Waals surface area contributed by atoms with Crippen molar-refractivity contribution in [2.75, 3.05) is 39.3 Å². The molecule has 6 heteroatoms. The number of benzene rings is 1. The van der Waals surface area contributed by atoms with Crippen molar-refractivity contribution in [3.63, 3.8) is 0 Å². The van der Waals surface area contributed by atoms with Crippen LogP contribution in [-0.2, 0) is 11.2 Å². The van der Waals surface area contributed by atoms with E-state index < -0.39 is 0 Å². The fourth-order valence-electron chi connectivity index (χ4n) is 2.75. The van der Waals surface area contributed by atoms with Gasteiger partial charge in [0.1, 0.15) is 0 Å². The SMILES string of the molecule is CC(C)NC(=O)CN1CCN(C(=S)NCCc2ccccc2)CC1. The number of nitrogens with one attached hydrogen (secondary N) is 2. The highest BCUT2D eigenvalue weighted by Crippen LogP contribution is 2.03. The maximum absolute atomic E-state index is 11.8. The van der Waals surface area contributed by atoms with Gasteiger partial charge in [-0.1, -0.05) is 30.3 Å². The molecule has 0 bridgehead atoms. The number of hydrogen-bond acceptors (Lipinski definition) is 3. The quantitative estimate of drug-likeness (QED) is 0.758. The summed E-state index contributed by atoms with van der Waals surface area (Å²) in [5.74, 6) is 0.0991. The highest BCUT2D eigenvalue weighted by Gasteiger charge is 2.20. The molecule has 24 heavy (non-hydrogen) atoms. The van der Waals surface area contributed by atoms with Crippen LogP contribution in [0, 0.1) is 0 Å². The minimum Gasteiger partial charge on any atom is -0.362 e. The van der Waals surface area contributed by atoms with E-state index in [4.69, 9.17) is 12.2 Å². The van der Waals surface area contributed by atoms with Crippen molar-refractivity contribution in [3.8, 4) is 0 Å². The Bertz CT molecular complexity index is 527. The monoisotopic (exact) mass is 348 g/mol. The largest absolute Gasteiger partial charge is 0.362 e. The Balaban J connectivity index is 1.64. The van der Waals surface area contributed by atoms with Crippen LogP contribution < -0.4 is 10.6 Å². The van der Waals surface area contributed by atoms with Crippen LogP contribution in [0.2, 0.25) is 0 Å². The number of amides is 1. The summed E-state index contributed by atoms with van der Waals surface area (Å²) in [6.45, 7) is 8.75. The Morgan fingerprint density at radius 1 is 1.17 bits per heavy atom. The van der Waals surface area contributed by atoms with Gasteiger partial charge in [-0.15, -0.1) is 0 Å². The van der Waals surface area contributed by atoms with Crippen molar-refractivity contribution in [2.45, 2.75) is 26.3 Å². The summed E-state index contributed by atoms with van der Waals surface area (Å²) in [4.78, 5) is 16.2. The van der Waals surface area contributed by atoms with E-state index in [-0.39, 0.29) is 11.9 Å². The average molecular weight is 349 g/mol. The summed E-state index contributed by atoms with van der Waals surface area (Å²) in [7, 11) is 0. The van der Waals surface area contributed by atoms with Gasteiger partial charge in [0.2, 0.25) is 5.91 Å². The second kappa shape index (κ2) is 9.59. The molecule has 1 heterocycles. The fourth-order valence-corrected chi connectivity index (χ4v) is 3.03. The van der Waals surface area contributed by atoms with Crippen LogP contribution in [-0.4, -0.2) is 66.1 Å². The van der Waals surface area contributed by atoms with Crippen LogP contribution in [0.25, 0.3) is 0 Å². The molecule has 0 atom stereocenters. The Labute approximate surface area is 150 Å². The van der Waals surface area contributed by atoms with Gasteiger partial charge in [-0.05, 0) is 38.0 Å². The molecular weight excluding hydrogens is 320 g/mol. The first-order valence-electron chi connectivity index (χ1n) is 8.63. The Morgan fingerprint density at radius 3 is 2.46 bits per heavy atom. The zero-order valence-corrected chi connectivity index (χ0v) is 15.4. The molecular formula is C18H28N4OS. The molecule has 1 aromatic rings. The van der Waals surface area contributed by atoms with Gasteiger partial charge >= 0.3 is 0 Å². The predicted molar refractivity (Wildman–Crippen MR) is 102 cm³/mol. The molecule has 0 radical (unpaired) electrons. The van der Waals surface area contributed by atoms with Crippen molar-refractivity contribution in [2.24, 2.45) is 0 Å². The fraction of sp³-hybridized carbons (Fsp3) is 0.556. The van der Waals surface area contributed by atoms with Gasteiger partial charge in [-0.3, -0.25) is 9.69 Å². The summed E-state index contributed by atoms with van der Waals surface area (Å²) in [5.41, 5.74) is 1.31. The topological polar surface area (TPSA) is 47.6 Å². The number of carbonyl (C=O) groups excluding carboxylic acids is 1. The van der Waals surface area contributed by atoms with Crippen molar-refractivity contribution < 1.29 is 4.79 Å². The number of nitrogens with zero attached hydrogens (tertiary/aromatic N) is 2. The Morgan fingerprint density at radius 2 is 1.83 bits per heavy atom. The van der Waals surface area contributed by atoms with Gasteiger partial charge in [-0.2, -0.15) is 0 Å². The van der Waals surface area contributed by atoms with Crippen LogP contribution in [0.15, 0.2) is 30.3 Å². The smallest absolute Gasteiger partial charge is 0.234 e. The van der Waals surface area contributed by atoms with E-state index in [1.807, 2.05) is 19.9 Å². The van der Waals surface area contributed by atoms with Gasteiger partial charge in [0.25, 0.3) is 0 Å². The second-order valence-electron chi connectivity index (χ2n) is 6.45. The lowest BCUT2D eigenvalue weighted by atomic mass is 10.1. The highest BCUT2D eigenvalue weighted by atomic mass is 32.1. The van der Waals surface area contributed by atoms with Gasteiger partial charge in [0.15, 0.2) is 5.11 Å². The molecule has 0 aromatic heterocycles. The molecule has 1 fully saturated rings. The molecule has 132 valence electrons. The van der Waals surface area contributed by atoms with Crippen LogP contribution >= 0.6 is 12.2 Å². The lowest BCUT2D eigenvalue weighted by Gasteiger charge is -2.36. The van der Waals surface area contributed by atoms with E-state index in [9.17, 15) is 4.79 Å². The normalized spacial score (nSPS) is 15.4. The number of rotatable bonds is 6. The van der Waals surface area contributed by atoms with Crippen molar-refractivity contribution in [1.29, 1.82) is 0 Å². The first kappa shape index (κ1) is 18.7. The van der Waals surface area contributed by atoms with Crippen molar-refractivity contribution in [3.05, 3.63) is 35.9 Å². The van der Waals surface area contributed by atoms with Crippen LogP contribution in [0.1, 0.15) is 19.4 Å². The predicted octanol–water partition coefficient (Wildman–Crippen LogP) is 1.25. The number of thiocarbonyl (C=S) groups is 1. The zero-order chi connectivity index (χ0) is 17.4. The molecule has 1 aliphatic rings. The molecule has 0 aliphatic carbocycles. The minimum atomic E-state index is 0.0991. The summed E-state index contributed by atoms with van der Waals surface area (Å²) >= 11 is 5.49. The van der Waals surface area contributed by atoms with E-state index in [1.165, 1.54) is 5.56 Å². The van der Waals surface area contributed by atoms with Gasteiger partial charge < -0.3 is 15.5 Å². The minimum absolute atomic E-state index is 0.0991. The summed E-state index contributed by atoms with van der Waals surface area (Å²) in [6, 6.07) is 10.6. The molecule has 5 nitrogen and oxygen atoms in total. The van der Waals surface area contributed by atoms with E-state index in [2.05, 4.69) is 44.7 Å². The molecule has 1 aromatic carbocycles. The average Bonchev–Trinajstić information content (AvgIpc) is 2.55. The van der Waals surface area contributed by atoms with E-state index in [0.717, 1.165) is 44.3 Å². The van der Waals surface area contributed by atoms with Gasteiger partial charge in [-0.25, -0.2) is 0 Å². The highest BCUT2D eigenvalue weighted by molar-refractivity contribution is 7.80. The maximum Gasteiger partial charge on any atom is 0.234 e. The Kier molecular flexibility index (Phi) is 7.46. The van der Waals surface area contributed by atoms with Crippen molar-refractivity contribution >= 4 is 23.2 Å². The molecule has 0 unspecified atom stereocenters. The number of hydrogen-bond donors (Lipinski definition) is 2. The number of carbonyl (C=O) groups is 1. The zero-order valence-electron chi connectivity index (χ0n) is 14.6. The Hall–Kier alpha value is -1.66. The third kappa shape index (κ3) is 6.45. The van der Waals surface area contributed by atoms with Crippen LogP contribution in [0.5, 0.6) is 0 Å². The number of piperazine rings is 1. The summed E-state index contributed by atoms with van der Waals surface area (Å²) in [6.07, 6.45) is 0.969. The van der Waals surface area contributed by atoms with Gasteiger partial charge in [0, 0.05) is 38.8 Å². The lowest BCUT2D eigenvalue weighted by molar-refractivity contribution is -0.123. The van der Waals surface area contributed by atoms with E-state index in [1.54, 1.807) is 0 Å². The van der Waals surface area contributed by atoms with Crippen LogP contribution in [0.4, 0.5) is 0 Å². The molecule has 0 spiro atoms. The lowest BCUT2D eigenvalue weighted by Crippen LogP contribution is -2.53. The first-order valence-corrected chi connectivity index (χ1v) is 9.04. The van der Waals surface area contributed by atoms with Crippen molar-refractivity contribution in [1.82, 2.24) is 20.4 Å².